The predicted octanol–water partition coefficient (Wildman–Crippen LogP) is 1.19. The maximum atomic E-state index is 13.1. The summed E-state index contributed by atoms with van der Waals surface area (Å²) in [6, 6.07) is 5.52. The standard InChI is InChI=1S/C19H24N4O3S/c24-19-22-11-10-21(9-8-18(22)20-23(19)13-14-4-5-14)27(25,26)17-7-6-15-2-1-3-16(15)12-17/h6-7,12,14H,1-5,8-11,13H2. The number of rotatable bonds is 4. The Hall–Kier alpha value is -1.93. The van der Waals surface area contributed by atoms with Crippen LogP contribution in [0.25, 0.3) is 0 Å². The van der Waals surface area contributed by atoms with Gasteiger partial charge in [0, 0.05) is 32.6 Å². The second-order valence-electron chi connectivity index (χ2n) is 7.91. The fourth-order valence-corrected chi connectivity index (χ4v) is 5.69. The molecule has 0 unspecified atom stereocenters. The van der Waals surface area contributed by atoms with Crippen LogP contribution in [0.1, 0.15) is 36.2 Å². The Bertz CT molecular complexity index is 1050. The first-order valence-corrected chi connectivity index (χ1v) is 11.2. The Kier molecular flexibility index (Phi) is 4.01. The average Bonchev–Trinajstić information content (AvgIpc) is 3.32. The zero-order valence-electron chi connectivity index (χ0n) is 15.3. The summed E-state index contributed by atoms with van der Waals surface area (Å²) in [6.07, 6.45) is 5.89. The zero-order chi connectivity index (χ0) is 18.6. The molecule has 1 saturated carbocycles. The fourth-order valence-electron chi connectivity index (χ4n) is 4.21. The van der Waals surface area contributed by atoms with Gasteiger partial charge in [0.1, 0.15) is 5.82 Å². The van der Waals surface area contributed by atoms with Gasteiger partial charge >= 0.3 is 5.69 Å². The third-order valence-corrected chi connectivity index (χ3v) is 7.89. The maximum absolute atomic E-state index is 13.1. The van der Waals surface area contributed by atoms with Gasteiger partial charge in [-0.3, -0.25) is 4.57 Å². The van der Waals surface area contributed by atoms with Crippen molar-refractivity contribution in [3.05, 3.63) is 45.6 Å². The first kappa shape index (κ1) is 17.2. The monoisotopic (exact) mass is 388 g/mol. The lowest BCUT2D eigenvalue weighted by molar-refractivity contribution is 0.408. The summed E-state index contributed by atoms with van der Waals surface area (Å²) in [7, 11) is -3.55. The van der Waals surface area contributed by atoms with Crippen LogP contribution < -0.4 is 5.69 Å². The van der Waals surface area contributed by atoms with E-state index in [9.17, 15) is 13.2 Å². The molecule has 0 radical (unpaired) electrons. The van der Waals surface area contributed by atoms with E-state index in [4.69, 9.17) is 0 Å². The van der Waals surface area contributed by atoms with Crippen molar-refractivity contribution in [2.45, 2.75) is 56.5 Å². The smallest absolute Gasteiger partial charge is 0.278 e. The van der Waals surface area contributed by atoms with Crippen LogP contribution in [0.15, 0.2) is 27.9 Å². The molecule has 2 heterocycles. The van der Waals surface area contributed by atoms with Crippen molar-refractivity contribution in [1.82, 2.24) is 18.7 Å². The molecule has 0 amide bonds. The molecule has 1 aromatic carbocycles. The van der Waals surface area contributed by atoms with Gasteiger partial charge in [-0.05, 0) is 61.3 Å². The van der Waals surface area contributed by atoms with Gasteiger partial charge in [0.05, 0.1) is 4.90 Å². The number of sulfonamides is 1. The van der Waals surface area contributed by atoms with Crippen molar-refractivity contribution in [2.24, 2.45) is 5.92 Å². The Labute approximate surface area is 158 Å². The minimum atomic E-state index is -3.55. The lowest BCUT2D eigenvalue weighted by Crippen LogP contribution is -2.35. The molecule has 27 heavy (non-hydrogen) atoms. The molecule has 144 valence electrons. The van der Waals surface area contributed by atoms with Crippen LogP contribution in [0.2, 0.25) is 0 Å². The van der Waals surface area contributed by atoms with Gasteiger partial charge in [-0.15, -0.1) is 0 Å². The van der Waals surface area contributed by atoms with Gasteiger partial charge in [0.2, 0.25) is 10.0 Å². The number of aryl methyl sites for hydroxylation is 2. The highest BCUT2D eigenvalue weighted by Gasteiger charge is 2.30. The second kappa shape index (κ2) is 6.31. The number of nitrogens with zero attached hydrogens (tertiary/aromatic N) is 4. The molecular formula is C19H24N4O3S. The normalized spacial score (nSPS) is 20.3. The molecule has 0 spiro atoms. The van der Waals surface area contributed by atoms with Crippen LogP contribution in [0.4, 0.5) is 0 Å². The van der Waals surface area contributed by atoms with Crippen molar-refractivity contribution in [3.8, 4) is 0 Å². The molecule has 8 heteroatoms. The number of hydrogen-bond acceptors (Lipinski definition) is 4. The summed E-state index contributed by atoms with van der Waals surface area (Å²) in [6.45, 7) is 1.72. The van der Waals surface area contributed by atoms with Crippen molar-refractivity contribution < 1.29 is 8.42 Å². The molecule has 1 aromatic heterocycles. The Morgan fingerprint density at radius 1 is 1.04 bits per heavy atom. The number of hydrogen-bond donors (Lipinski definition) is 0. The molecule has 5 rings (SSSR count). The van der Waals surface area contributed by atoms with Crippen LogP contribution in [-0.4, -0.2) is 40.2 Å². The van der Waals surface area contributed by atoms with Gasteiger partial charge in [0.15, 0.2) is 0 Å². The Balaban J connectivity index is 1.38. The second-order valence-corrected chi connectivity index (χ2v) is 9.85. The molecule has 0 N–H and O–H groups in total. The number of benzene rings is 1. The molecule has 0 atom stereocenters. The van der Waals surface area contributed by atoms with Gasteiger partial charge in [-0.25, -0.2) is 17.9 Å². The Morgan fingerprint density at radius 3 is 2.67 bits per heavy atom. The van der Waals surface area contributed by atoms with E-state index in [1.54, 1.807) is 15.3 Å². The number of aromatic nitrogens is 3. The van der Waals surface area contributed by atoms with E-state index >= 15 is 0 Å². The highest BCUT2D eigenvalue weighted by Crippen LogP contribution is 2.30. The largest absolute Gasteiger partial charge is 0.345 e. The average molecular weight is 388 g/mol. The minimum absolute atomic E-state index is 0.103. The molecule has 1 aliphatic heterocycles. The molecule has 1 fully saturated rings. The fraction of sp³-hybridized carbons (Fsp3) is 0.579. The summed E-state index contributed by atoms with van der Waals surface area (Å²) in [4.78, 5) is 12.9. The summed E-state index contributed by atoms with van der Waals surface area (Å²) >= 11 is 0. The molecule has 0 saturated heterocycles. The highest BCUT2D eigenvalue weighted by atomic mass is 32.2. The van der Waals surface area contributed by atoms with E-state index < -0.39 is 10.0 Å². The Morgan fingerprint density at radius 2 is 1.85 bits per heavy atom. The minimum Gasteiger partial charge on any atom is -0.278 e. The third kappa shape index (κ3) is 3.04. The van der Waals surface area contributed by atoms with Crippen LogP contribution in [-0.2, 0) is 42.4 Å². The first-order chi connectivity index (χ1) is 13.0. The topological polar surface area (TPSA) is 77.2 Å². The zero-order valence-corrected chi connectivity index (χ0v) is 16.1. The number of fused-ring (bicyclic) bond motifs is 2. The van der Waals surface area contributed by atoms with E-state index in [0.717, 1.165) is 24.8 Å². The predicted molar refractivity (Wildman–Crippen MR) is 100 cm³/mol. The first-order valence-electron chi connectivity index (χ1n) is 9.81. The summed E-state index contributed by atoms with van der Waals surface area (Å²) in [5.41, 5.74) is 2.32. The van der Waals surface area contributed by atoms with E-state index in [-0.39, 0.29) is 5.69 Å². The van der Waals surface area contributed by atoms with Crippen molar-refractivity contribution in [1.29, 1.82) is 0 Å². The van der Waals surface area contributed by atoms with E-state index in [1.165, 1.54) is 22.7 Å². The summed E-state index contributed by atoms with van der Waals surface area (Å²) in [5, 5.41) is 4.47. The molecule has 3 aliphatic rings. The quantitative estimate of drug-likeness (QED) is 0.788. The van der Waals surface area contributed by atoms with Gasteiger partial charge < -0.3 is 0 Å². The van der Waals surface area contributed by atoms with E-state index in [2.05, 4.69) is 5.10 Å². The summed E-state index contributed by atoms with van der Waals surface area (Å²) in [5.74, 6) is 1.28. The van der Waals surface area contributed by atoms with E-state index in [1.807, 2.05) is 12.1 Å². The molecule has 2 aliphatic carbocycles. The van der Waals surface area contributed by atoms with Crippen molar-refractivity contribution >= 4 is 10.0 Å². The molecular weight excluding hydrogens is 364 g/mol. The third-order valence-electron chi connectivity index (χ3n) is 5.99. The molecule has 0 bridgehead atoms. The van der Waals surface area contributed by atoms with Crippen molar-refractivity contribution in [2.75, 3.05) is 13.1 Å². The van der Waals surface area contributed by atoms with Gasteiger partial charge in [0.25, 0.3) is 0 Å². The van der Waals surface area contributed by atoms with Gasteiger partial charge in [-0.2, -0.15) is 9.40 Å². The summed E-state index contributed by atoms with van der Waals surface area (Å²) < 4.78 is 31.0. The lowest BCUT2D eigenvalue weighted by atomic mass is 10.1. The van der Waals surface area contributed by atoms with Crippen molar-refractivity contribution in [3.63, 3.8) is 0 Å². The molecule has 2 aromatic rings. The molecule has 7 nitrogen and oxygen atoms in total. The van der Waals surface area contributed by atoms with E-state index in [0.29, 0.717) is 49.2 Å². The highest BCUT2D eigenvalue weighted by molar-refractivity contribution is 7.89. The maximum Gasteiger partial charge on any atom is 0.345 e. The van der Waals surface area contributed by atoms with Gasteiger partial charge in [-0.1, -0.05) is 6.07 Å². The lowest BCUT2D eigenvalue weighted by Gasteiger charge is -2.20. The SMILES string of the molecule is O=c1n(CC2CC2)nc2n1CCN(S(=O)(=O)c1ccc3c(c1)CCC3)CC2. The van der Waals surface area contributed by atoms with Crippen LogP contribution in [0.3, 0.4) is 0 Å². The van der Waals surface area contributed by atoms with Crippen LogP contribution in [0.5, 0.6) is 0 Å². The van der Waals surface area contributed by atoms with Crippen LogP contribution >= 0.6 is 0 Å². The van der Waals surface area contributed by atoms with Crippen LogP contribution in [0, 0.1) is 5.92 Å².